The van der Waals surface area contributed by atoms with Crippen molar-refractivity contribution in [1.29, 1.82) is 0 Å². The van der Waals surface area contributed by atoms with Crippen LogP contribution in [-0.2, 0) is 0 Å². The van der Waals surface area contributed by atoms with Crippen LogP contribution in [0, 0.1) is 0 Å². The van der Waals surface area contributed by atoms with E-state index >= 15 is 0 Å². The number of hydrogen-bond donors (Lipinski definition) is 2. The van der Waals surface area contributed by atoms with Crippen molar-refractivity contribution in [2.75, 3.05) is 52.3 Å². The molecule has 2 N–H and O–H groups in total. The summed E-state index contributed by atoms with van der Waals surface area (Å²) in [4.78, 5) is 13.8. The van der Waals surface area contributed by atoms with E-state index in [1.807, 2.05) is 24.3 Å². The highest BCUT2D eigenvalue weighted by Gasteiger charge is 2.25. The Kier molecular flexibility index (Phi) is 10.8. The first-order valence-corrected chi connectivity index (χ1v) is 11.1. The van der Waals surface area contributed by atoms with Crippen LogP contribution in [-0.4, -0.2) is 69.3 Å². The molecule has 0 amide bonds. The fourth-order valence-electron chi connectivity index (χ4n) is 3.76. The summed E-state index contributed by atoms with van der Waals surface area (Å²) in [5.41, 5.74) is 1.21. The van der Waals surface area contributed by atoms with Crippen LogP contribution in [0.4, 0.5) is 5.82 Å². The molecule has 1 aliphatic rings. The van der Waals surface area contributed by atoms with Crippen LogP contribution in [0.3, 0.4) is 0 Å². The second-order valence-corrected chi connectivity index (χ2v) is 8.26. The lowest BCUT2D eigenvalue weighted by Crippen LogP contribution is -2.45. The van der Waals surface area contributed by atoms with Crippen LogP contribution in [0.25, 0.3) is 0 Å². The lowest BCUT2D eigenvalue weighted by Gasteiger charge is -2.24. The van der Waals surface area contributed by atoms with Gasteiger partial charge in [-0.15, -0.1) is 24.0 Å². The highest BCUT2D eigenvalue weighted by molar-refractivity contribution is 14.0. The fraction of sp³-hybridized carbons (Fsp3) is 0.478. The zero-order valence-electron chi connectivity index (χ0n) is 19.2. The summed E-state index contributed by atoms with van der Waals surface area (Å²) in [6.45, 7) is 5.30. The minimum absolute atomic E-state index is 0. The van der Waals surface area contributed by atoms with Gasteiger partial charge in [-0.05, 0) is 57.3 Å². The van der Waals surface area contributed by atoms with Crippen LogP contribution < -0.4 is 20.3 Å². The summed E-state index contributed by atoms with van der Waals surface area (Å²) < 4.78 is 5.28. The number of pyridine rings is 1. The van der Waals surface area contributed by atoms with E-state index in [0.29, 0.717) is 11.6 Å². The normalized spacial score (nSPS) is 17.1. The van der Waals surface area contributed by atoms with Gasteiger partial charge in [-0.1, -0.05) is 23.7 Å². The van der Waals surface area contributed by atoms with Gasteiger partial charge in [0.15, 0.2) is 5.96 Å². The second kappa shape index (κ2) is 13.1. The van der Waals surface area contributed by atoms with Crippen LogP contribution in [0.2, 0.25) is 5.02 Å². The number of methoxy groups -OCH3 is 1. The summed E-state index contributed by atoms with van der Waals surface area (Å²) >= 11 is 6.33. The van der Waals surface area contributed by atoms with Crippen molar-refractivity contribution >= 4 is 47.4 Å². The molecule has 32 heavy (non-hydrogen) atoms. The van der Waals surface area contributed by atoms with Gasteiger partial charge in [0.1, 0.15) is 11.6 Å². The summed E-state index contributed by atoms with van der Waals surface area (Å²) in [7, 11) is 5.84. The molecule has 2 unspecified atom stereocenters. The van der Waals surface area contributed by atoms with Gasteiger partial charge in [-0.2, -0.15) is 0 Å². The Bertz CT molecular complexity index is 864. The Morgan fingerprint density at radius 2 is 2.06 bits per heavy atom. The number of likely N-dealkylation sites (N-methyl/N-ethyl adjacent to an activating group) is 1. The number of ether oxygens (including phenoxy) is 1. The number of hydrogen-bond acceptors (Lipinski definition) is 5. The molecule has 9 heteroatoms. The van der Waals surface area contributed by atoms with E-state index in [9.17, 15) is 0 Å². The van der Waals surface area contributed by atoms with E-state index in [1.165, 1.54) is 5.56 Å². The Morgan fingerprint density at radius 3 is 2.69 bits per heavy atom. The predicted molar refractivity (Wildman–Crippen MR) is 144 cm³/mol. The van der Waals surface area contributed by atoms with Crippen LogP contribution in [0.15, 0.2) is 47.6 Å². The SMILES string of the molecule is CCNC(=NCC(c1ccc(OC)cc1)N(C)C)NC1CCN(c2ncccc2Cl)C1.I. The Labute approximate surface area is 213 Å². The van der Waals surface area contributed by atoms with Gasteiger partial charge in [0.05, 0.1) is 24.7 Å². The molecule has 1 aromatic carbocycles. The summed E-state index contributed by atoms with van der Waals surface area (Å²) in [6, 6.07) is 12.4. The van der Waals surface area contributed by atoms with Crippen molar-refractivity contribution in [3.63, 3.8) is 0 Å². The maximum absolute atomic E-state index is 6.33. The molecule has 1 saturated heterocycles. The minimum atomic E-state index is 0. The molecule has 2 atom stereocenters. The molecular formula is C23H34ClIN6O. The number of guanidine groups is 1. The van der Waals surface area contributed by atoms with Crippen molar-refractivity contribution in [2.24, 2.45) is 4.99 Å². The molecule has 1 aromatic heterocycles. The van der Waals surface area contributed by atoms with Crippen molar-refractivity contribution < 1.29 is 4.74 Å². The number of anilines is 1. The lowest BCUT2D eigenvalue weighted by molar-refractivity contribution is 0.306. The smallest absolute Gasteiger partial charge is 0.191 e. The lowest BCUT2D eigenvalue weighted by atomic mass is 10.1. The predicted octanol–water partition coefficient (Wildman–Crippen LogP) is 3.80. The molecule has 2 heterocycles. The van der Waals surface area contributed by atoms with Crippen LogP contribution in [0.1, 0.15) is 24.9 Å². The first-order chi connectivity index (χ1) is 15.0. The summed E-state index contributed by atoms with van der Waals surface area (Å²) in [6.07, 6.45) is 2.79. The molecule has 7 nitrogen and oxygen atoms in total. The Hall–Kier alpha value is -1.78. The number of rotatable bonds is 8. The summed E-state index contributed by atoms with van der Waals surface area (Å²) in [5.74, 6) is 2.54. The average molecular weight is 573 g/mol. The van der Waals surface area contributed by atoms with Crippen LogP contribution in [0.5, 0.6) is 5.75 Å². The van der Waals surface area contributed by atoms with E-state index < -0.39 is 0 Å². The molecule has 2 aromatic rings. The molecule has 0 saturated carbocycles. The second-order valence-electron chi connectivity index (χ2n) is 7.86. The number of aliphatic imine (C=N–C) groups is 1. The van der Waals surface area contributed by atoms with Gasteiger partial charge in [-0.25, -0.2) is 4.98 Å². The third-order valence-corrected chi connectivity index (χ3v) is 5.75. The minimum Gasteiger partial charge on any atom is -0.497 e. The molecule has 0 radical (unpaired) electrons. The Balaban J connectivity index is 0.00000363. The molecule has 0 bridgehead atoms. The van der Waals surface area contributed by atoms with Gasteiger partial charge in [-0.3, -0.25) is 4.99 Å². The number of halogens is 2. The third kappa shape index (κ3) is 7.11. The van der Waals surface area contributed by atoms with E-state index in [2.05, 4.69) is 58.6 Å². The van der Waals surface area contributed by atoms with E-state index in [4.69, 9.17) is 21.3 Å². The monoisotopic (exact) mass is 572 g/mol. The van der Waals surface area contributed by atoms with Crippen molar-refractivity contribution in [2.45, 2.75) is 25.4 Å². The Morgan fingerprint density at radius 1 is 1.31 bits per heavy atom. The molecule has 0 spiro atoms. The van der Waals surface area contributed by atoms with Gasteiger partial charge in [0, 0.05) is 31.9 Å². The van der Waals surface area contributed by atoms with Gasteiger partial charge >= 0.3 is 0 Å². The first kappa shape index (κ1) is 26.5. The van der Waals surface area contributed by atoms with Crippen molar-refractivity contribution in [1.82, 2.24) is 20.5 Å². The molecule has 1 fully saturated rings. The molecular weight excluding hydrogens is 539 g/mol. The topological polar surface area (TPSA) is 65.0 Å². The maximum Gasteiger partial charge on any atom is 0.191 e. The zero-order valence-corrected chi connectivity index (χ0v) is 22.3. The zero-order chi connectivity index (χ0) is 22.2. The number of nitrogens with one attached hydrogen (secondary N) is 2. The molecule has 176 valence electrons. The quantitative estimate of drug-likeness (QED) is 0.285. The fourth-order valence-corrected chi connectivity index (χ4v) is 4.01. The van der Waals surface area contributed by atoms with Gasteiger partial charge in [0.25, 0.3) is 0 Å². The standard InChI is InChI=1S/C23H33ClN6O.HI/c1-5-25-23(27-15-21(29(2)3)17-8-10-19(31-4)11-9-17)28-18-12-14-30(16-18)22-20(24)7-6-13-26-22;/h6-11,13,18,21H,5,12,14-16H2,1-4H3,(H2,25,27,28);1H. The number of nitrogens with zero attached hydrogens (tertiary/aromatic N) is 4. The van der Waals surface area contributed by atoms with E-state index in [-0.39, 0.29) is 36.1 Å². The van der Waals surface area contributed by atoms with Gasteiger partial charge < -0.3 is 25.2 Å². The summed E-state index contributed by atoms with van der Waals surface area (Å²) in [5, 5.41) is 7.66. The maximum atomic E-state index is 6.33. The third-order valence-electron chi connectivity index (χ3n) is 5.46. The number of benzene rings is 1. The molecule has 0 aliphatic carbocycles. The van der Waals surface area contributed by atoms with Crippen molar-refractivity contribution in [3.05, 3.63) is 53.2 Å². The van der Waals surface area contributed by atoms with E-state index in [1.54, 1.807) is 13.3 Å². The number of aromatic nitrogens is 1. The van der Waals surface area contributed by atoms with Gasteiger partial charge in [0.2, 0.25) is 0 Å². The average Bonchev–Trinajstić information content (AvgIpc) is 3.22. The molecule has 1 aliphatic heterocycles. The highest BCUT2D eigenvalue weighted by Crippen LogP contribution is 2.26. The van der Waals surface area contributed by atoms with Crippen molar-refractivity contribution in [3.8, 4) is 5.75 Å². The highest BCUT2D eigenvalue weighted by atomic mass is 127. The largest absolute Gasteiger partial charge is 0.497 e. The van der Waals surface area contributed by atoms with E-state index in [0.717, 1.165) is 43.6 Å². The molecule has 3 rings (SSSR count). The van der Waals surface area contributed by atoms with Crippen LogP contribution >= 0.6 is 35.6 Å². The first-order valence-electron chi connectivity index (χ1n) is 10.7.